The van der Waals surface area contributed by atoms with Crippen molar-refractivity contribution in [3.63, 3.8) is 0 Å². The standard InChI is InChI=1S/C29H29N7O4/c1-19-11-13-30-24(17-19)33-29(38)20-7-9-22(10-8-20)40-23-12-14-31-27-26(23)28(35-34-27)32-21-5-3-15-36(18-21)25(37)6-4-16-39-2/h7-14,17,21H,3,5,15-16,18H2,1-2H3,(H,30,33,38)(H2,31,32,34,35)/t21-/m1/s1. The van der Waals surface area contributed by atoms with Gasteiger partial charge in [0.25, 0.3) is 11.8 Å². The number of fused-ring (bicyclic) bond motifs is 1. The number of methoxy groups -OCH3 is 1. The average molecular weight is 540 g/mol. The maximum absolute atomic E-state index is 12.6. The van der Waals surface area contributed by atoms with E-state index in [1.807, 2.05) is 13.0 Å². The van der Waals surface area contributed by atoms with E-state index in [4.69, 9.17) is 9.47 Å². The third kappa shape index (κ3) is 6.36. The summed E-state index contributed by atoms with van der Waals surface area (Å²) in [6.07, 6.45) is 5.01. The zero-order chi connectivity index (χ0) is 27.9. The Balaban J connectivity index is 1.28. The molecule has 0 radical (unpaired) electrons. The van der Waals surface area contributed by atoms with E-state index < -0.39 is 0 Å². The Hall–Kier alpha value is -4.95. The molecule has 1 aliphatic rings. The van der Waals surface area contributed by atoms with Gasteiger partial charge in [-0.1, -0.05) is 5.92 Å². The highest BCUT2D eigenvalue weighted by Crippen LogP contribution is 2.33. The van der Waals surface area contributed by atoms with Crippen LogP contribution in [-0.2, 0) is 9.53 Å². The number of nitrogens with zero attached hydrogens (tertiary/aromatic N) is 4. The van der Waals surface area contributed by atoms with Crippen LogP contribution in [0.1, 0.15) is 28.8 Å². The van der Waals surface area contributed by atoms with Gasteiger partial charge < -0.3 is 25.0 Å². The number of ether oxygens (including phenoxy) is 2. The first-order valence-electron chi connectivity index (χ1n) is 12.9. The molecule has 0 bridgehead atoms. The second-order valence-corrected chi connectivity index (χ2v) is 9.37. The van der Waals surface area contributed by atoms with Gasteiger partial charge in [-0.3, -0.25) is 14.7 Å². The molecule has 1 aromatic carbocycles. The number of aryl methyl sites for hydroxylation is 1. The summed E-state index contributed by atoms with van der Waals surface area (Å²) in [5.74, 6) is 7.05. The molecule has 1 aliphatic heterocycles. The van der Waals surface area contributed by atoms with Crippen LogP contribution in [0, 0.1) is 18.8 Å². The number of likely N-dealkylation sites (tertiary alicyclic amines) is 1. The van der Waals surface area contributed by atoms with Gasteiger partial charge in [-0.25, -0.2) is 9.97 Å². The molecule has 4 heterocycles. The van der Waals surface area contributed by atoms with Crippen LogP contribution in [0.4, 0.5) is 11.6 Å². The van der Waals surface area contributed by atoms with Gasteiger partial charge >= 0.3 is 0 Å². The van der Waals surface area contributed by atoms with Crippen molar-refractivity contribution in [3.8, 4) is 23.3 Å². The van der Waals surface area contributed by atoms with E-state index in [9.17, 15) is 9.59 Å². The number of carbonyl (C=O) groups excluding carboxylic acids is 2. The van der Waals surface area contributed by atoms with Gasteiger partial charge in [0.2, 0.25) is 0 Å². The molecule has 2 amide bonds. The Kier molecular flexibility index (Phi) is 8.18. The summed E-state index contributed by atoms with van der Waals surface area (Å²) in [4.78, 5) is 35.4. The van der Waals surface area contributed by atoms with Gasteiger partial charge in [0.1, 0.15) is 29.3 Å². The summed E-state index contributed by atoms with van der Waals surface area (Å²) in [5.41, 5.74) is 2.05. The molecule has 0 aliphatic carbocycles. The number of pyridine rings is 2. The van der Waals surface area contributed by atoms with Gasteiger partial charge in [-0.05, 0) is 67.6 Å². The van der Waals surface area contributed by atoms with Crippen LogP contribution < -0.4 is 15.4 Å². The number of anilines is 2. The molecule has 0 unspecified atom stereocenters. The molecule has 5 rings (SSSR count). The average Bonchev–Trinajstić information content (AvgIpc) is 3.37. The molecule has 1 saturated heterocycles. The van der Waals surface area contributed by atoms with Crippen molar-refractivity contribution in [2.24, 2.45) is 0 Å². The molecule has 0 saturated carbocycles. The van der Waals surface area contributed by atoms with Crippen LogP contribution in [0.3, 0.4) is 0 Å². The number of rotatable bonds is 7. The van der Waals surface area contributed by atoms with Gasteiger partial charge in [-0.2, -0.15) is 5.10 Å². The van der Waals surface area contributed by atoms with Crippen molar-refractivity contribution in [1.82, 2.24) is 25.1 Å². The number of amides is 2. The Labute approximate surface area is 231 Å². The zero-order valence-electron chi connectivity index (χ0n) is 22.2. The smallest absolute Gasteiger partial charge is 0.298 e. The summed E-state index contributed by atoms with van der Waals surface area (Å²) < 4.78 is 11.1. The van der Waals surface area contributed by atoms with Crippen LogP contribution >= 0.6 is 0 Å². The largest absolute Gasteiger partial charge is 0.456 e. The molecule has 0 spiro atoms. The lowest BCUT2D eigenvalue weighted by molar-refractivity contribution is -0.126. The van der Waals surface area contributed by atoms with Gasteiger partial charge in [0.05, 0.1) is 0 Å². The molecule has 4 aromatic rings. The summed E-state index contributed by atoms with van der Waals surface area (Å²) in [5, 5.41) is 14.3. The summed E-state index contributed by atoms with van der Waals surface area (Å²) in [6, 6.07) is 12.3. The topological polar surface area (TPSA) is 134 Å². The SMILES string of the molecule is COCC#CC(=O)N1CCC[C@@H](Nc2n[nH]c3nccc(Oc4ccc(C(=O)Nc5cc(C)ccn5)cc4)c23)C1. The molecular weight excluding hydrogens is 510 g/mol. The summed E-state index contributed by atoms with van der Waals surface area (Å²) in [7, 11) is 1.54. The lowest BCUT2D eigenvalue weighted by atomic mass is 10.1. The minimum absolute atomic E-state index is 0.0119. The fourth-order valence-corrected chi connectivity index (χ4v) is 4.44. The highest BCUT2D eigenvalue weighted by Gasteiger charge is 2.25. The Bertz CT molecular complexity index is 1570. The van der Waals surface area contributed by atoms with E-state index >= 15 is 0 Å². The van der Waals surface area contributed by atoms with Gasteiger partial charge in [-0.15, -0.1) is 0 Å². The Morgan fingerprint density at radius 3 is 2.77 bits per heavy atom. The summed E-state index contributed by atoms with van der Waals surface area (Å²) in [6.45, 7) is 3.32. The van der Waals surface area contributed by atoms with Crippen molar-refractivity contribution in [2.75, 3.05) is 37.4 Å². The lowest BCUT2D eigenvalue weighted by Gasteiger charge is -2.32. The van der Waals surface area contributed by atoms with Gasteiger partial charge in [0, 0.05) is 50.3 Å². The lowest BCUT2D eigenvalue weighted by Crippen LogP contribution is -2.44. The first-order valence-corrected chi connectivity index (χ1v) is 12.9. The number of nitrogens with one attached hydrogen (secondary N) is 3. The second kappa shape index (κ2) is 12.3. The van der Waals surface area contributed by atoms with E-state index in [1.54, 1.807) is 60.8 Å². The monoisotopic (exact) mass is 539 g/mol. The number of hydrogen-bond donors (Lipinski definition) is 3. The summed E-state index contributed by atoms with van der Waals surface area (Å²) >= 11 is 0. The third-order valence-electron chi connectivity index (χ3n) is 6.39. The molecule has 204 valence electrons. The number of aromatic amines is 1. The molecule has 11 heteroatoms. The third-order valence-corrected chi connectivity index (χ3v) is 6.39. The van der Waals surface area contributed by atoms with E-state index in [1.165, 1.54) is 0 Å². The quantitative estimate of drug-likeness (QED) is 0.302. The van der Waals surface area contributed by atoms with Crippen molar-refractivity contribution >= 4 is 34.5 Å². The van der Waals surface area contributed by atoms with Crippen LogP contribution in [0.25, 0.3) is 11.0 Å². The molecular formula is C29H29N7O4. The van der Waals surface area contributed by atoms with Crippen LogP contribution in [0.5, 0.6) is 11.5 Å². The highest BCUT2D eigenvalue weighted by molar-refractivity contribution is 6.03. The minimum atomic E-state index is -0.262. The van der Waals surface area contributed by atoms with E-state index in [0.717, 1.165) is 18.4 Å². The predicted octanol–water partition coefficient (Wildman–Crippen LogP) is 3.76. The normalized spacial score (nSPS) is 14.8. The minimum Gasteiger partial charge on any atom is -0.456 e. The molecule has 11 nitrogen and oxygen atoms in total. The molecule has 3 aromatic heterocycles. The van der Waals surface area contributed by atoms with Crippen molar-refractivity contribution in [2.45, 2.75) is 25.8 Å². The van der Waals surface area contributed by atoms with Crippen LogP contribution in [-0.4, -0.2) is 69.7 Å². The Morgan fingerprint density at radius 1 is 1.15 bits per heavy atom. The van der Waals surface area contributed by atoms with Crippen molar-refractivity contribution in [1.29, 1.82) is 0 Å². The number of H-pyrrole nitrogens is 1. The molecule has 3 N–H and O–H groups in total. The fourth-order valence-electron chi connectivity index (χ4n) is 4.44. The van der Waals surface area contributed by atoms with E-state index in [0.29, 0.717) is 52.8 Å². The van der Waals surface area contributed by atoms with Crippen molar-refractivity contribution < 1.29 is 19.1 Å². The molecule has 40 heavy (non-hydrogen) atoms. The van der Waals surface area contributed by atoms with E-state index in [-0.39, 0.29) is 24.5 Å². The number of hydrogen-bond acceptors (Lipinski definition) is 8. The maximum atomic E-state index is 12.6. The first kappa shape index (κ1) is 26.6. The molecule has 1 fully saturated rings. The number of aromatic nitrogens is 4. The Morgan fingerprint density at radius 2 is 1.98 bits per heavy atom. The van der Waals surface area contributed by atoms with Crippen molar-refractivity contribution in [3.05, 3.63) is 66.0 Å². The fraction of sp³-hybridized carbons (Fsp3) is 0.276. The maximum Gasteiger partial charge on any atom is 0.298 e. The van der Waals surface area contributed by atoms with Crippen LogP contribution in [0.15, 0.2) is 54.9 Å². The first-order chi connectivity index (χ1) is 19.5. The zero-order valence-corrected chi connectivity index (χ0v) is 22.2. The number of benzene rings is 1. The van der Waals surface area contributed by atoms with E-state index in [2.05, 4.69) is 42.6 Å². The number of carbonyl (C=O) groups is 2. The van der Waals surface area contributed by atoms with Gasteiger partial charge in [0.15, 0.2) is 11.5 Å². The number of piperidine rings is 1. The molecule has 1 atom stereocenters. The highest BCUT2D eigenvalue weighted by atomic mass is 16.5. The second-order valence-electron chi connectivity index (χ2n) is 9.37. The van der Waals surface area contributed by atoms with Crippen LogP contribution in [0.2, 0.25) is 0 Å². The predicted molar refractivity (Wildman–Crippen MR) is 150 cm³/mol.